The van der Waals surface area contributed by atoms with Crippen molar-refractivity contribution in [1.29, 1.82) is 0 Å². The Hall–Kier alpha value is -2.30. The lowest BCUT2D eigenvalue weighted by Gasteiger charge is -2.25. The summed E-state index contributed by atoms with van der Waals surface area (Å²) in [5.74, 6) is 2.45. The van der Waals surface area contributed by atoms with Crippen molar-refractivity contribution in [3.05, 3.63) is 36.7 Å². The van der Waals surface area contributed by atoms with Gasteiger partial charge in [-0.3, -0.25) is 0 Å². The molecule has 1 heterocycles. The Kier molecular flexibility index (Phi) is 3.67. The monoisotopic (exact) mass is 269 g/mol. The molecule has 4 N–H and O–H groups in total. The van der Waals surface area contributed by atoms with Crippen molar-refractivity contribution in [3.63, 3.8) is 0 Å². The molecule has 2 aromatic rings. The van der Waals surface area contributed by atoms with Crippen molar-refractivity contribution in [3.8, 4) is 0 Å². The van der Waals surface area contributed by atoms with E-state index in [2.05, 4.69) is 20.6 Å². The highest BCUT2D eigenvalue weighted by atomic mass is 15.1. The van der Waals surface area contributed by atoms with E-state index in [-0.39, 0.29) is 0 Å². The molecule has 20 heavy (non-hydrogen) atoms. The summed E-state index contributed by atoms with van der Waals surface area (Å²) >= 11 is 0. The number of nitrogens with zero attached hydrogens (tertiary/aromatic N) is 2. The van der Waals surface area contributed by atoms with Crippen LogP contribution in [0.15, 0.2) is 36.7 Å². The second kappa shape index (κ2) is 5.77. The molecule has 0 unspecified atom stereocenters. The van der Waals surface area contributed by atoms with Gasteiger partial charge in [0.1, 0.15) is 18.0 Å². The molecule has 1 aromatic heterocycles. The van der Waals surface area contributed by atoms with E-state index in [9.17, 15) is 0 Å². The number of rotatable bonds is 5. The molecule has 0 saturated heterocycles. The smallest absolute Gasteiger partial charge is 0.135 e. The summed E-state index contributed by atoms with van der Waals surface area (Å²) in [6.45, 7) is 0.998. The molecule has 0 atom stereocenters. The average molecular weight is 269 g/mol. The van der Waals surface area contributed by atoms with Crippen molar-refractivity contribution < 1.29 is 0 Å². The lowest BCUT2D eigenvalue weighted by molar-refractivity contribution is 0.333. The van der Waals surface area contributed by atoms with Gasteiger partial charge in [0, 0.05) is 24.0 Å². The summed E-state index contributed by atoms with van der Waals surface area (Å²) in [6, 6.07) is 9.51. The first kappa shape index (κ1) is 12.7. The van der Waals surface area contributed by atoms with Gasteiger partial charge >= 0.3 is 0 Å². The molecule has 1 saturated carbocycles. The minimum absolute atomic E-state index is 0.751. The van der Waals surface area contributed by atoms with Gasteiger partial charge < -0.3 is 16.4 Å². The lowest BCUT2D eigenvalue weighted by Crippen LogP contribution is -2.21. The molecular formula is C15H19N5. The highest BCUT2D eigenvalue weighted by molar-refractivity contribution is 5.60. The van der Waals surface area contributed by atoms with Gasteiger partial charge in [0.15, 0.2) is 0 Å². The molecule has 3 rings (SSSR count). The largest absolute Gasteiger partial charge is 0.399 e. The first-order valence-corrected chi connectivity index (χ1v) is 6.98. The van der Waals surface area contributed by atoms with E-state index in [4.69, 9.17) is 5.73 Å². The first-order chi connectivity index (χ1) is 9.79. The van der Waals surface area contributed by atoms with Crippen LogP contribution in [0.25, 0.3) is 0 Å². The van der Waals surface area contributed by atoms with Crippen molar-refractivity contribution in [2.75, 3.05) is 22.9 Å². The summed E-state index contributed by atoms with van der Waals surface area (Å²) in [4.78, 5) is 8.47. The predicted molar refractivity (Wildman–Crippen MR) is 82.0 cm³/mol. The second-order valence-corrected chi connectivity index (χ2v) is 5.21. The average Bonchev–Trinajstić information content (AvgIpc) is 2.40. The van der Waals surface area contributed by atoms with E-state index in [1.165, 1.54) is 19.3 Å². The van der Waals surface area contributed by atoms with Crippen LogP contribution < -0.4 is 16.4 Å². The molecule has 0 aliphatic heterocycles. The molecule has 1 aliphatic carbocycles. The van der Waals surface area contributed by atoms with E-state index >= 15 is 0 Å². The Balaban J connectivity index is 1.62. The molecule has 5 nitrogen and oxygen atoms in total. The molecule has 0 bridgehead atoms. The maximum Gasteiger partial charge on any atom is 0.135 e. The summed E-state index contributed by atoms with van der Waals surface area (Å²) in [5, 5.41) is 6.61. The minimum Gasteiger partial charge on any atom is -0.399 e. The molecule has 0 spiro atoms. The number of nitrogen functional groups attached to an aromatic ring is 1. The number of aromatic nitrogens is 2. The molecule has 1 fully saturated rings. The maximum absolute atomic E-state index is 5.67. The van der Waals surface area contributed by atoms with Gasteiger partial charge in [0.2, 0.25) is 0 Å². The Morgan fingerprint density at radius 3 is 2.55 bits per heavy atom. The van der Waals surface area contributed by atoms with Crippen molar-refractivity contribution in [1.82, 2.24) is 9.97 Å². The zero-order valence-corrected chi connectivity index (χ0v) is 11.3. The fourth-order valence-corrected chi connectivity index (χ4v) is 2.18. The highest BCUT2D eigenvalue weighted by Gasteiger charge is 2.16. The molecule has 1 aliphatic rings. The fourth-order valence-electron chi connectivity index (χ4n) is 2.18. The van der Waals surface area contributed by atoms with Gasteiger partial charge in [0.05, 0.1) is 0 Å². The molecule has 0 amide bonds. The zero-order chi connectivity index (χ0) is 13.8. The zero-order valence-electron chi connectivity index (χ0n) is 11.3. The third kappa shape index (κ3) is 3.17. The summed E-state index contributed by atoms with van der Waals surface area (Å²) in [5.41, 5.74) is 7.38. The van der Waals surface area contributed by atoms with E-state index in [1.807, 2.05) is 30.3 Å². The fraction of sp³-hybridized carbons (Fsp3) is 0.333. The van der Waals surface area contributed by atoms with Crippen molar-refractivity contribution >= 4 is 23.0 Å². The summed E-state index contributed by atoms with van der Waals surface area (Å²) in [6.07, 6.45) is 5.59. The standard InChI is InChI=1S/C15H19N5/c16-12-4-6-13(7-5-12)20-15-8-14(18-10-19-15)17-9-11-2-1-3-11/h4-8,10-11H,1-3,9,16H2,(H2,17,18,19,20). The normalized spacial score (nSPS) is 14.6. The van der Waals surface area contributed by atoms with Crippen LogP contribution >= 0.6 is 0 Å². The number of hydrogen-bond donors (Lipinski definition) is 3. The summed E-state index contributed by atoms with van der Waals surface area (Å²) < 4.78 is 0. The van der Waals surface area contributed by atoms with Crippen LogP contribution in [-0.2, 0) is 0 Å². The lowest BCUT2D eigenvalue weighted by atomic mass is 9.85. The van der Waals surface area contributed by atoms with Crippen LogP contribution in [0, 0.1) is 5.92 Å². The molecular weight excluding hydrogens is 250 g/mol. The van der Waals surface area contributed by atoms with Gasteiger partial charge in [-0.15, -0.1) is 0 Å². The number of anilines is 4. The van der Waals surface area contributed by atoms with Crippen LogP contribution in [0.5, 0.6) is 0 Å². The minimum atomic E-state index is 0.751. The Bertz CT molecular complexity index is 563. The number of nitrogens with one attached hydrogen (secondary N) is 2. The van der Waals surface area contributed by atoms with Gasteiger partial charge in [-0.1, -0.05) is 6.42 Å². The Morgan fingerprint density at radius 1 is 1.10 bits per heavy atom. The SMILES string of the molecule is Nc1ccc(Nc2cc(NCC3CCC3)ncn2)cc1. The molecule has 104 valence electrons. The maximum atomic E-state index is 5.67. The van der Waals surface area contributed by atoms with Gasteiger partial charge in [-0.25, -0.2) is 9.97 Å². The van der Waals surface area contributed by atoms with Crippen molar-refractivity contribution in [2.24, 2.45) is 5.92 Å². The third-order valence-electron chi connectivity index (χ3n) is 3.65. The van der Waals surface area contributed by atoms with Crippen molar-refractivity contribution in [2.45, 2.75) is 19.3 Å². The van der Waals surface area contributed by atoms with Crippen LogP contribution in [0.1, 0.15) is 19.3 Å². The van der Waals surface area contributed by atoms with E-state index < -0.39 is 0 Å². The molecule has 5 heteroatoms. The van der Waals surface area contributed by atoms with Gasteiger partial charge in [-0.05, 0) is 43.0 Å². The summed E-state index contributed by atoms with van der Waals surface area (Å²) in [7, 11) is 0. The van der Waals surface area contributed by atoms with Gasteiger partial charge in [0.25, 0.3) is 0 Å². The van der Waals surface area contributed by atoms with Gasteiger partial charge in [-0.2, -0.15) is 0 Å². The van der Waals surface area contributed by atoms with E-state index in [1.54, 1.807) is 6.33 Å². The quantitative estimate of drug-likeness (QED) is 0.727. The van der Waals surface area contributed by atoms with E-state index in [0.717, 1.165) is 35.5 Å². The molecule has 1 aromatic carbocycles. The topological polar surface area (TPSA) is 75.9 Å². The first-order valence-electron chi connectivity index (χ1n) is 6.98. The second-order valence-electron chi connectivity index (χ2n) is 5.21. The van der Waals surface area contributed by atoms with Crippen LogP contribution in [-0.4, -0.2) is 16.5 Å². The number of benzene rings is 1. The Labute approximate surface area is 118 Å². The Morgan fingerprint density at radius 2 is 1.85 bits per heavy atom. The van der Waals surface area contributed by atoms with Crippen LogP contribution in [0.2, 0.25) is 0 Å². The predicted octanol–water partition coefficient (Wildman–Crippen LogP) is 3.01. The third-order valence-corrected chi connectivity index (χ3v) is 3.65. The van der Waals surface area contributed by atoms with E-state index in [0.29, 0.717) is 0 Å². The number of hydrogen-bond acceptors (Lipinski definition) is 5. The number of nitrogens with two attached hydrogens (primary N) is 1. The highest BCUT2D eigenvalue weighted by Crippen LogP contribution is 2.26. The molecule has 0 radical (unpaired) electrons. The van der Waals surface area contributed by atoms with Crippen LogP contribution in [0.3, 0.4) is 0 Å². The van der Waals surface area contributed by atoms with Crippen LogP contribution in [0.4, 0.5) is 23.0 Å².